The molecule has 5 heteroatoms. The van der Waals surface area contributed by atoms with E-state index in [1.807, 2.05) is 0 Å². The molecule has 1 aliphatic rings. The van der Waals surface area contributed by atoms with Crippen LogP contribution in [0.25, 0.3) is 0 Å². The van der Waals surface area contributed by atoms with Crippen LogP contribution < -0.4 is 5.32 Å². The molecule has 1 aliphatic heterocycles. The number of carbonyl (C=O) groups excluding carboxylic acids is 1. The number of nitrogens with one attached hydrogen (secondary N) is 1. The van der Waals surface area contributed by atoms with Gasteiger partial charge in [-0.05, 0) is 24.6 Å². The molecule has 1 heterocycles. The molecule has 1 N–H and O–H groups in total. The Bertz CT molecular complexity index is 436. The van der Waals surface area contributed by atoms with Crippen LogP contribution >= 0.6 is 11.6 Å². The monoisotopic (exact) mass is 243 g/mol. The highest BCUT2D eigenvalue weighted by Gasteiger charge is 2.29. The van der Waals surface area contributed by atoms with E-state index in [1.165, 1.54) is 12.1 Å². The van der Waals surface area contributed by atoms with Gasteiger partial charge in [0, 0.05) is 17.1 Å². The number of fused-ring (bicyclic) bond motifs is 1. The maximum absolute atomic E-state index is 13.1. The lowest BCUT2D eigenvalue weighted by Crippen LogP contribution is -2.28. The number of rotatable bonds is 2. The van der Waals surface area contributed by atoms with Gasteiger partial charge in [0.15, 0.2) is 0 Å². The Hall–Kier alpha value is -1.29. The maximum atomic E-state index is 13.1. The fourth-order valence-electron chi connectivity index (χ4n) is 1.77. The number of halogens is 2. The Labute approximate surface area is 97.5 Å². The normalized spacial score (nSPS) is 17.8. The summed E-state index contributed by atoms with van der Waals surface area (Å²) in [6.45, 7) is 2.07. The minimum absolute atomic E-state index is 0.329. The average Bonchev–Trinajstić information content (AvgIpc) is 2.62. The first-order valence-corrected chi connectivity index (χ1v) is 5.40. The molecule has 1 atom stereocenters. The molecule has 2 rings (SSSR count). The molecule has 1 unspecified atom stereocenters. The van der Waals surface area contributed by atoms with Crippen molar-refractivity contribution in [2.45, 2.75) is 19.4 Å². The van der Waals surface area contributed by atoms with Crippen LogP contribution in [0, 0.1) is 5.82 Å². The summed E-state index contributed by atoms with van der Waals surface area (Å²) in [6, 6.07) is 2.12. The van der Waals surface area contributed by atoms with Gasteiger partial charge in [0.05, 0.1) is 6.61 Å². The topological polar surface area (TPSA) is 38.3 Å². The highest BCUT2D eigenvalue weighted by molar-refractivity contribution is 6.32. The van der Waals surface area contributed by atoms with Crippen LogP contribution in [0.5, 0.6) is 0 Å². The van der Waals surface area contributed by atoms with E-state index < -0.39 is 11.9 Å². The van der Waals surface area contributed by atoms with Crippen molar-refractivity contribution in [2.24, 2.45) is 0 Å². The fraction of sp³-hybridized carbons (Fsp3) is 0.364. The Kier molecular flexibility index (Phi) is 3.01. The standard InChI is InChI=1S/C11H11ClFNO2/c1-2-16-11(15)10-5-7-8(12)3-6(13)4-9(7)14-10/h3-4,10,14H,2,5H2,1H3. The van der Waals surface area contributed by atoms with E-state index in [4.69, 9.17) is 16.3 Å². The van der Waals surface area contributed by atoms with E-state index in [2.05, 4.69) is 5.32 Å². The van der Waals surface area contributed by atoms with Crippen molar-refractivity contribution in [1.29, 1.82) is 0 Å². The first-order chi connectivity index (χ1) is 7.61. The van der Waals surface area contributed by atoms with E-state index in [0.29, 0.717) is 23.7 Å². The Morgan fingerprint density at radius 2 is 2.44 bits per heavy atom. The lowest BCUT2D eigenvalue weighted by molar-refractivity contribution is -0.143. The summed E-state index contributed by atoms with van der Waals surface area (Å²) in [7, 11) is 0. The van der Waals surface area contributed by atoms with Gasteiger partial charge in [-0.3, -0.25) is 0 Å². The minimum Gasteiger partial charge on any atom is -0.464 e. The molecule has 16 heavy (non-hydrogen) atoms. The second-order valence-corrected chi connectivity index (χ2v) is 3.97. The summed E-state index contributed by atoms with van der Waals surface area (Å²) in [5.74, 6) is -0.754. The molecule has 0 spiro atoms. The third-order valence-corrected chi connectivity index (χ3v) is 2.81. The predicted molar refractivity (Wildman–Crippen MR) is 59.2 cm³/mol. The van der Waals surface area contributed by atoms with Crippen molar-refractivity contribution in [3.05, 3.63) is 28.5 Å². The lowest BCUT2D eigenvalue weighted by atomic mass is 10.1. The summed E-state index contributed by atoms with van der Waals surface area (Å²) in [6.07, 6.45) is 0.438. The number of ether oxygens (including phenoxy) is 1. The number of hydrogen-bond acceptors (Lipinski definition) is 3. The summed E-state index contributed by atoms with van der Waals surface area (Å²) in [5, 5.41) is 3.24. The van der Waals surface area contributed by atoms with E-state index in [9.17, 15) is 9.18 Å². The van der Waals surface area contributed by atoms with E-state index in [1.54, 1.807) is 6.92 Å². The van der Waals surface area contributed by atoms with Crippen LogP contribution in [0.15, 0.2) is 12.1 Å². The molecule has 0 bridgehead atoms. The van der Waals surface area contributed by atoms with Crippen LogP contribution in [0.2, 0.25) is 5.02 Å². The highest BCUT2D eigenvalue weighted by Crippen LogP contribution is 2.33. The third-order valence-electron chi connectivity index (χ3n) is 2.47. The molecule has 1 aromatic carbocycles. The van der Waals surface area contributed by atoms with Crippen molar-refractivity contribution in [1.82, 2.24) is 0 Å². The second-order valence-electron chi connectivity index (χ2n) is 3.57. The smallest absolute Gasteiger partial charge is 0.328 e. The van der Waals surface area contributed by atoms with E-state index >= 15 is 0 Å². The van der Waals surface area contributed by atoms with Crippen LogP contribution in [-0.4, -0.2) is 18.6 Å². The number of carbonyl (C=O) groups is 1. The molecular formula is C11H11ClFNO2. The van der Waals surface area contributed by atoms with Gasteiger partial charge in [-0.15, -0.1) is 0 Å². The molecule has 3 nitrogen and oxygen atoms in total. The van der Waals surface area contributed by atoms with Gasteiger partial charge in [-0.2, -0.15) is 0 Å². The van der Waals surface area contributed by atoms with Gasteiger partial charge in [0.2, 0.25) is 0 Å². The predicted octanol–water partition coefficient (Wildman–Crippen LogP) is 2.38. The molecule has 0 saturated heterocycles. The maximum Gasteiger partial charge on any atom is 0.328 e. The summed E-state index contributed by atoms with van der Waals surface area (Å²) >= 11 is 5.89. The average molecular weight is 244 g/mol. The quantitative estimate of drug-likeness (QED) is 0.811. The molecule has 0 saturated carbocycles. The zero-order valence-corrected chi connectivity index (χ0v) is 9.47. The van der Waals surface area contributed by atoms with Gasteiger partial charge in [-0.25, -0.2) is 9.18 Å². The molecule has 0 radical (unpaired) electrons. The highest BCUT2D eigenvalue weighted by atomic mass is 35.5. The minimum atomic E-state index is -0.464. The number of hydrogen-bond donors (Lipinski definition) is 1. The van der Waals surface area contributed by atoms with Gasteiger partial charge < -0.3 is 10.1 Å². The zero-order valence-electron chi connectivity index (χ0n) is 8.72. The molecule has 0 aliphatic carbocycles. The lowest BCUT2D eigenvalue weighted by Gasteiger charge is -2.09. The summed E-state index contributed by atoms with van der Waals surface area (Å²) in [4.78, 5) is 11.5. The Morgan fingerprint density at radius 3 is 3.12 bits per heavy atom. The van der Waals surface area contributed by atoms with Crippen molar-refractivity contribution >= 4 is 23.3 Å². The second kappa shape index (κ2) is 4.29. The first-order valence-electron chi connectivity index (χ1n) is 5.03. The molecule has 86 valence electrons. The largest absolute Gasteiger partial charge is 0.464 e. The Balaban J connectivity index is 2.21. The molecular weight excluding hydrogens is 233 g/mol. The molecule has 1 aromatic rings. The van der Waals surface area contributed by atoms with Crippen LogP contribution in [0.3, 0.4) is 0 Å². The molecule has 0 fully saturated rings. The zero-order chi connectivity index (χ0) is 11.7. The van der Waals surface area contributed by atoms with Crippen molar-refractivity contribution in [2.75, 3.05) is 11.9 Å². The van der Waals surface area contributed by atoms with Gasteiger partial charge in [-0.1, -0.05) is 11.6 Å². The van der Waals surface area contributed by atoms with Crippen molar-refractivity contribution in [3.63, 3.8) is 0 Å². The first kappa shape index (κ1) is 11.2. The third kappa shape index (κ3) is 1.97. The fourth-order valence-corrected chi connectivity index (χ4v) is 2.05. The van der Waals surface area contributed by atoms with Crippen molar-refractivity contribution < 1.29 is 13.9 Å². The van der Waals surface area contributed by atoms with E-state index in [-0.39, 0.29) is 5.97 Å². The molecule has 0 aromatic heterocycles. The molecule has 0 amide bonds. The van der Waals surface area contributed by atoms with E-state index in [0.717, 1.165) is 5.56 Å². The SMILES string of the molecule is CCOC(=O)C1Cc2c(Cl)cc(F)cc2N1. The van der Waals surface area contributed by atoms with Crippen LogP contribution in [-0.2, 0) is 16.0 Å². The van der Waals surface area contributed by atoms with Gasteiger partial charge in [0.25, 0.3) is 0 Å². The Morgan fingerprint density at radius 1 is 1.69 bits per heavy atom. The van der Waals surface area contributed by atoms with Gasteiger partial charge in [0.1, 0.15) is 11.9 Å². The summed E-state index contributed by atoms with van der Waals surface area (Å²) < 4.78 is 17.9. The number of esters is 1. The number of anilines is 1. The van der Waals surface area contributed by atoms with Gasteiger partial charge >= 0.3 is 5.97 Å². The van der Waals surface area contributed by atoms with Crippen LogP contribution in [0.1, 0.15) is 12.5 Å². The van der Waals surface area contributed by atoms with Crippen molar-refractivity contribution in [3.8, 4) is 0 Å². The number of benzene rings is 1. The summed E-state index contributed by atoms with van der Waals surface area (Å²) in [5.41, 5.74) is 1.34. The van der Waals surface area contributed by atoms with Crippen LogP contribution in [0.4, 0.5) is 10.1 Å².